The summed E-state index contributed by atoms with van der Waals surface area (Å²) < 4.78 is 23.0. The van der Waals surface area contributed by atoms with E-state index in [0.29, 0.717) is 23.9 Å². The highest BCUT2D eigenvalue weighted by Gasteiger charge is 2.25. The topological polar surface area (TPSA) is 108 Å². The zero-order valence-corrected chi connectivity index (χ0v) is 56.3. The SMILES string of the molecule is CC/C=C\C/C=C\C/C=C\C/C=C\C/C=C\C/C=C\C/C=C\CCCCCCCCCCCCCC(=O)OC(COC(=O)CCCCCCCCCCCCCCCCCCCCCCCCCCCCC)COC(OCC[N+](C)(C)C)C(=O)O. The predicted molar refractivity (Wildman–Crippen MR) is 364 cm³/mol. The summed E-state index contributed by atoms with van der Waals surface area (Å²) in [4.78, 5) is 37.6. The van der Waals surface area contributed by atoms with E-state index in [9.17, 15) is 19.5 Å². The maximum absolute atomic E-state index is 13.0. The quantitative estimate of drug-likeness (QED) is 0.0211. The lowest BCUT2D eigenvalue weighted by atomic mass is 10.0. The molecular formula is C76H136NO8+. The number of hydrogen-bond acceptors (Lipinski definition) is 7. The van der Waals surface area contributed by atoms with Gasteiger partial charge < -0.3 is 28.5 Å². The number of quaternary nitrogens is 1. The van der Waals surface area contributed by atoms with E-state index in [-0.39, 0.29) is 32.2 Å². The van der Waals surface area contributed by atoms with Crippen LogP contribution in [0.25, 0.3) is 0 Å². The third-order valence-corrected chi connectivity index (χ3v) is 15.7. The van der Waals surface area contributed by atoms with Crippen LogP contribution in [-0.4, -0.2) is 87.4 Å². The molecule has 0 aromatic rings. The summed E-state index contributed by atoms with van der Waals surface area (Å²) in [5, 5.41) is 9.75. The zero-order valence-electron chi connectivity index (χ0n) is 56.3. The van der Waals surface area contributed by atoms with Gasteiger partial charge in [-0.05, 0) is 70.6 Å². The molecule has 0 aliphatic rings. The molecule has 0 aromatic heterocycles. The molecule has 0 aliphatic heterocycles. The molecule has 85 heavy (non-hydrogen) atoms. The molecule has 2 unspecified atom stereocenters. The minimum absolute atomic E-state index is 0.182. The van der Waals surface area contributed by atoms with Crippen molar-refractivity contribution < 1.29 is 42.9 Å². The number of aliphatic carboxylic acids is 1. The molecule has 0 saturated carbocycles. The number of carboxylic acids is 1. The van der Waals surface area contributed by atoms with Crippen molar-refractivity contribution in [3.8, 4) is 0 Å². The number of hydrogen-bond donors (Lipinski definition) is 1. The maximum Gasteiger partial charge on any atom is 0.361 e. The first kappa shape index (κ1) is 81.5. The lowest BCUT2D eigenvalue weighted by Gasteiger charge is -2.25. The summed E-state index contributed by atoms with van der Waals surface area (Å²) in [5.74, 6) is -1.99. The summed E-state index contributed by atoms with van der Waals surface area (Å²) in [5.41, 5.74) is 0. The number of unbranched alkanes of at least 4 members (excludes halogenated alkanes) is 37. The van der Waals surface area contributed by atoms with Gasteiger partial charge in [-0.2, -0.15) is 0 Å². The molecule has 0 spiro atoms. The van der Waals surface area contributed by atoms with E-state index in [1.807, 2.05) is 21.1 Å². The highest BCUT2D eigenvalue weighted by Crippen LogP contribution is 2.18. The molecule has 2 atom stereocenters. The number of carboxylic acid groups (broad SMARTS) is 1. The average Bonchev–Trinajstić information content (AvgIpc) is 3.49. The smallest absolute Gasteiger partial charge is 0.361 e. The van der Waals surface area contributed by atoms with Crippen molar-refractivity contribution in [2.24, 2.45) is 0 Å². The lowest BCUT2D eigenvalue weighted by molar-refractivity contribution is -0.870. The van der Waals surface area contributed by atoms with Crippen LogP contribution in [0.5, 0.6) is 0 Å². The Hall–Kier alpha value is -3.53. The van der Waals surface area contributed by atoms with Gasteiger partial charge in [0.15, 0.2) is 6.10 Å². The van der Waals surface area contributed by atoms with Gasteiger partial charge in [0.1, 0.15) is 13.2 Å². The van der Waals surface area contributed by atoms with Crippen molar-refractivity contribution >= 4 is 17.9 Å². The highest BCUT2D eigenvalue weighted by atomic mass is 16.7. The maximum atomic E-state index is 13.0. The molecule has 0 rings (SSSR count). The third-order valence-electron chi connectivity index (χ3n) is 15.7. The van der Waals surface area contributed by atoms with Crippen LogP contribution >= 0.6 is 0 Å². The molecule has 0 aromatic carbocycles. The standard InChI is InChI=1S/C76H135NO8/c1-6-8-10-12-14-16-18-20-22-24-26-28-30-32-34-35-36-37-38-39-41-43-45-47-49-51-53-55-57-59-61-63-65-67-74(79)85-72(71-84-76(75(80)81)82-69-68-77(3,4)5)70-83-73(78)66-64-62-60-58-56-54-52-50-48-46-44-42-40-33-31-29-27-25-23-21-19-17-15-13-11-9-7-2/h8,10,14,16,20,22,26,28,32,34,36-37,39,41,72,76H,6-7,9,11-13,15,17-19,21,23-25,27,29-31,33,35,38,40,42-71H2,1-5H3/p+1/b10-8-,16-14-,22-20-,28-26-,34-32-,37-36-,41-39-. The van der Waals surface area contributed by atoms with Crippen LogP contribution in [0.4, 0.5) is 0 Å². The van der Waals surface area contributed by atoms with Gasteiger partial charge >= 0.3 is 17.9 Å². The highest BCUT2D eigenvalue weighted by molar-refractivity contribution is 5.71. The Kier molecular flexibility index (Phi) is 63.7. The number of esters is 2. The molecule has 492 valence electrons. The van der Waals surface area contributed by atoms with E-state index >= 15 is 0 Å². The van der Waals surface area contributed by atoms with Gasteiger partial charge in [-0.3, -0.25) is 9.59 Å². The second-order valence-electron chi connectivity index (χ2n) is 25.2. The van der Waals surface area contributed by atoms with Crippen molar-refractivity contribution in [1.29, 1.82) is 0 Å². The molecule has 0 radical (unpaired) electrons. The minimum Gasteiger partial charge on any atom is -0.477 e. The van der Waals surface area contributed by atoms with Gasteiger partial charge in [0.05, 0.1) is 34.4 Å². The molecule has 0 saturated heterocycles. The number of nitrogens with zero attached hydrogens (tertiary/aromatic N) is 1. The van der Waals surface area contributed by atoms with Crippen LogP contribution in [0.3, 0.4) is 0 Å². The van der Waals surface area contributed by atoms with E-state index in [0.717, 1.165) is 89.9 Å². The fraction of sp³-hybridized carbons (Fsp3) is 0.776. The Morgan fingerprint density at radius 2 is 0.671 bits per heavy atom. The second-order valence-corrected chi connectivity index (χ2v) is 25.2. The number of ether oxygens (including phenoxy) is 4. The number of rotatable bonds is 66. The fourth-order valence-electron chi connectivity index (χ4n) is 10.2. The first-order chi connectivity index (χ1) is 41.6. The van der Waals surface area contributed by atoms with Gasteiger partial charge in [0.2, 0.25) is 0 Å². The van der Waals surface area contributed by atoms with Crippen molar-refractivity contribution in [3.63, 3.8) is 0 Å². The first-order valence-electron chi connectivity index (χ1n) is 35.8. The summed E-state index contributed by atoms with van der Waals surface area (Å²) in [6.07, 6.45) is 87.0. The average molecular weight is 1190 g/mol. The minimum atomic E-state index is -1.51. The lowest BCUT2D eigenvalue weighted by Crippen LogP contribution is -2.40. The normalized spacial score (nSPS) is 13.2. The van der Waals surface area contributed by atoms with E-state index in [2.05, 4.69) is 98.9 Å². The molecule has 9 heteroatoms. The van der Waals surface area contributed by atoms with Crippen LogP contribution in [0.2, 0.25) is 0 Å². The molecule has 0 fully saturated rings. The Labute approximate surface area is 525 Å². The van der Waals surface area contributed by atoms with Crippen LogP contribution < -0.4 is 0 Å². The number of allylic oxidation sites excluding steroid dienone is 14. The van der Waals surface area contributed by atoms with Crippen molar-refractivity contribution in [2.75, 3.05) is 47.5 Å². The van der Waals surface area contributed by atoms with E-state index < -0.39 is 24.3 Å². The van der Waals surface area contributed by atoms with Gasteiger partial charge in [-0.25, -0.2) is 4.79 Å². The van der Waals surface area contributed by atoms with Crippen LogP contribution in [-0.2, 0) is 33.3 Å². The van der Waals surface area contributed by atoms with E-state index in [1.54, 1.807) is 0 Å². The molecule has 0 bridgehead atoms. The van der Waals surface area contributed by atoms with Gasteiger partial charge in [0.25, 0.3) is 6.29 Å². The van der Waals surface area contributed by atoms with Crippen LogP contribution in [0.1, 0.15) is 322 Å². The summed E-state index contributed by atoms with van der Waals surface area (Å²) in [6.45, 7) is 4.81. The van der Waals surface area contributed by atoms with Gasteiger partial charge in [0, 0.05) is 12.8 Å². The molecule has 9 nitrogen and oxygen atoms in total. The Morgan fingerprint density at radius 1 is 0.365 bits per heavy atom. The Balaban J connectivity index is 4.11. The van der Waals surface area contributed by atoms with Gasteiger partial charge in [-0.15, -0.1) is 0 Å². The number of likely N-dealkylation sites (N-methyl/N-ethyl adjacent to an activating group) is 1. The molecule has 0 heterocycles. The second kappa shape index (κ2) is 66.4. The fourth-order valence-corrected chi connectivity index (χ4v) is 10.2. The Morgan fingerprint density at radius 3 is 1.00 bits per heavy atom. The van der Waals surface area contributed by atoms with Gasteiger partial charge in [-0.1, -0.05) is 324 Å². The van der Waals surface area contributed by atoms with E-state index in [1.165, 1.54) is 199 Å². The summed E-state index contributed by atoms with van der Waals surface area (Å²) >= 11 is 0. The number of carbonyl (C=O) groups is 3. The van der Waals surface area contributed by atoms with Crippen molar-refractivity contribution in [1.82, 2.24) is 0 Å². The molecule has 1 N–H and O–H groups in total. The molecule has 0 aliphatic carbocycles. The third kappa shape index (κ3) is 67.8. The van der Waals surface area contributed by atoms with Crippen molar-refractivity contribution in [3.05, 3.63) is 85.1 Å². The largest absolute Gasteiger partial charge is 0.477 e. The molecular weight excluding hydrogens is 1050 g/mol. The van der Waals surface area contributed by atoms with Crippen LogP contribution in [0, 0.1) is 0 Å². The zero-order chi connectivity index (χ0) is 61.9. The summed E-state index contributed by atoms with van der Waals surface area (Å²) in [7, 11) is 5.98. The summed E-state index contributed by atoms with van der Waals surface area (Å²) in [6, 6.07) is 0. The van der Waals surface area contributed by atoms with Crippen LogP contribution in [0.15, 0.2) is 85.1 Å². The number of carbonyl (C=O) groups excluding carboxylic acids is 2. The first-order valence-corrected chi connectivity index (χ1v) is 35.8. The van der Waals surface area contributed by atoms with E-state index in [4.69, 9.17) is 18.9 Å². The molecule has 0 amide bonds. The predicted octanol–water partition coefficient (Wildman–Crippen LogP) is 22.2. The van der Waals surface area contributed by atoms with Crippen molar-refractivity contribution in [2.45, 2.75) is 334 Å². The monoisotopic (exact) mass is 1190 g/mol. The Bertz CT molecular complexity index is 1670.